The zero-order valence-corrected chi connectivity index (χ0v) is 9.66. The van der Waals surface area contributed by atoms with Crippen LogP contribution in [0, 0.1) is 5.41 Å². The Morgan fingerprint density at radius 3 is 2.88 bits per heavy atom. The Morgan fingerprint density at radius 1 is 1.62 bits per heavy atom. The molecule has 0 spiro atoms. The van der Waals surface area contributed by atoms with E-state index in [1.54, 1.807) is 6.08 Å². The van der Waals surface area contributed by atoms with Crippen molar-refractivity contribution in [3.8, 4) is 0 Å². The molecule has 1 aliphatic rings. The monoisotopic (exact) mass is 220 g/mol. The van der Waals surface area contributed by atoms with Crippen molar-refractivity contribution in [2.75, 3.05) is 7.11 Å². The van der Waals surface area contributed by atoms with Gasteiger partial charge in [-0.15, -0.1) is 6.58 Å². The van der Waals surface area contributed by atoms with Crippen LogP contribution in [0.4, 0.5) is 0 Å². The van der Waals surface area contributed by atoms with E-state index in [2.05, 4.69) is 11.3 Å². The third kappa shape index (κ3) is 2.69. The Bertz CT molecular complexity index is 377. The molecule has 0 N–H and O–H groups in total. The molecule has 0 saturated carbocycles. The number of ether oxygens (including phenoxy) is 1. The standard InChI is InChI=1S/C13H16O3/c1-4-5-7-13(2)8-6-11(14)10(9-13)12(15)16-3/h4,6,8-9H,1,5,7H2,2-3H3. The van der Waals surface area contributed by atoms with Gasteiger partial charge in [-0.2, -0.15) is 0 Å². The summed E-state index contributed by atoms with van der Waals surface area (Å²) in [6, 6.07) is 0. The first-order valence-corrected chi connectivity index (χ1v) is 5.18. The quantitative estimate of drug-likeness (QED) is 0.414. The minimum atomic E-state index is -0.570. The fourth-order valence-electron chi connectivity index (χ4n) is 1.64. The molecule has 0 aliphatic heterocycles. The van der Waals surface area contributed by atoms with Crippen molar-refractivity contribution in [3.63, 3.8) is 0 Å². The van der Waals surface area contributed by atoms with Gasteiger partial charge in [0, 0.05) is 5.41 Å². The molecule has 3 heteroatoms. The molecule has 0 aromatic rings. The molecule has 1 atom stereocenters. The highest BCUT2D eigenvalue weighted by Crippen LogP contribution is 2.32. The third-order valence-electron chi connectivity index (χ3n) is 2.65. The Kier molecular flexibility index (Phi) is 3.82. The first-order chi connectivity index (χ1) is 7.52. The molecule has 1 rings (SSSR count). The molecule has 0 fully saturated rings. The topological polar surface area (TPSA) is 43.4 Å². The van der Waals surface area contributed by atoms with E-state index in [0.29, 0.717) is 0 Å². The number of esters is 1. The van der Waals surface area contributed by atoms with Crippen molar-refractivity contribution >= 4 is 11.8 Å². The van der Waals surface area contributed by atoms with Gasteiger partial charge in [0.05, 0.1) is 7.11 Å². The van der Waals surface area contributed by atoms with Gasteiger partial charge in [-0.25, -0.2) is 4.79 Å². The molecular formula is C13H16O3. The van der Waals surface area contributed by atoms with E-state index in [-0.39, 0.29) is 16.8 Å². The van der Waals surface area contributed by atoms with Gasteiger partial charge in [0.25, 0.3) is 0 Å². The third-order valence-corrected chi connectivity index (χ3v) is 2.65. The lowest BCUT2D eigenvalue weighted by Gasteiger charge is -2.25. The molecule has 0 heterocycles. The highest BCUT2D eigenvalue weighted by atomic mass is 16.5. The van der Waals surface area contributed by atoms with Gasteiger partial charge < -0.3 is 4.74 Å². The van der Waals surface area contributed by atoms with Crippen LogP contribution >= 0.6 is 0 Å². The number of methoxy groups -OCH3 is 1. The Balaban J connectivity index is 2.94. The van der Waals surface area contributed by atoms with Crippen molar-refractivity contribution < 1.29 is 14.3 Å². The molecule has 0 amide bonds. The number of allylic oxidation sites excluding steroid dienone is 4. The average molecular weight is 220 g/mol. The van der Waals surface area contributed by atoms with E-state index in [1.165, 1.54) is 13.2 Å². The molecule has 0 radical (unpaired) electrons. The lowest BCUT2D eigenvalue weighted by Crippen LogP contribution is -2.22. The molecule has 0 aromatic heterocycles. The van der Waals surface area contributed by atoms with Crippen LogP contribution in [0.2, 0.25) is 0 Å². The number of hydrogen-bond acceptors (Lipinski definition) is 3. The van der Waals surface area contributed by atoms with E-state index >= 15 is 0 Å². The van der Waals surface area contributed by atoms with Gasteiger partial charge in [-0.3, -0.25) is 4.79 Å². The van der Waals surface area contributed by atoms with Crippen molar-refractivity contribution in [1.82, 2.24) is 0 Å². The second-order valence-corrected chi connectivity index (χ2v) is 4.08. The van der Waals surface area contributed by atoms with Gasteiger partial charge >= 0.3 is 5.97 Å². The second-order valence-electron chi connectivity index (χ2n) is 4.08. The van der Waals surface area contributed by atoms with Crippen LogP contribution in [-0.4, -0.2) is 18.9 Å². The SMILES string of the molecule is C=CCCC1(C)C=CC(=O)C(C(=O)OC)=C1. The van der Waals surface area contributed by atoms with E-state index in [1.807, 2.05) is 19.1 Å². The molecule has 0 saturated heterocycles. The van der Waals surface area contributed by atoms with E-state index in [4.69, 9.17) is 0 Å². The summed E-state index contributed by atoms with van der Waals surface area (Å²) in [5.41, 5.74) is -0.150. The smallest absolute Gasteiger partial charge is 0.341 e. The van der Waals surface area contributed by atoms with Gasteiger partial charge in [-0.1, -0.05) is 25.2 Å². The molecule has 3 nitrogen and oxygen atoms in total. The zero-order chi connectivity index (χ0) is 12.2. The maximum atomic E-state index is 11.5. The minimum Gasteiger partial charge on any atom is -0.465 e. The largest absolute Gasteiger partial charge is 0.465 e. The summed E-state index contributed by atoms with van der Waals surface area (Å²) in [4.78, 5) is 22.9. The maximum absolute atomic E-state index is 11.5. The van der Waals surface area contributed by atoms with Crippen LogP contribution < -0.4 is 0 Å². The van der Waals surface area contributed by atoms with Gasteiger partial charge in [-0.05, 0) is 18.9 Å². The van der Waals surface area contributed by atoms with Crippen LogP contribution in [-0.2, 0) is 14.3 Å². The predicted octanol–water partition coefficient (Wildman–Crippen LogP) is 2.20. The number of carbonyl (C=O) groups excluding carboxylic acids is 2. The number of ketones is 1. The first-order valence-electron chi connectivity index (χ1n) is 5.18. The van der Waals surface area contributed by atoms with Crippen LogP contribution in [0.5, 0.6) is 0 Å². The van der Waals surface area contributed by atoms with Crippen LogP contribution in [0.15, 0.2) is 36.5 Å². The van der Waals surface area contributed by atoms with Gasteiger partial charge in [0.2, 0.25) is 0 Å². The molecule has 1 unspecified atom stereocenters. The molecular weight excluding hydrogens is 204 g/mol. The predicted molar refractivity (Wildman–Crippen MR) is 61.8 cm³/mol. The summed E-state index contributed by atoms with van der Waals surface area (Å²) in [5.74, 6) is -0.859. The Labute approximate surface area is 95.5 Å². The highest BCUT2D eigenvalue weighted by Gasteiger charge is 2.28. The first kappa shape index (κ1) is 12.4. The summed E-state index contributed by atoms with van der Waals surface area (Å²) >= 11 is 0. The van der Waals surface area contributed by atoms with Crippen molar-refractivity contribution in [2.45, 2.75) is 19.8 Å². The second kappa shape index (κ2) is 4.92. The van der Waals surface area contributed by atoms with E-state index < -0.39 is 5.97 Å². The molecule has 0 aromatic carbocycles. The molecule has 86 valence electrons. The Hall–Kier alpha value is -1.64. The van der Waals surface area contributed by atoms with Crippen LogP contribution in [0.25, 0.3) is 0 Å². The fraction of sp³-hybridized carbons (Fsp3) is 0.385. The number of carbonyl (C=O) groups is 2. The van der Waals surface area contributed by atoms with Crippen LogP contribution in [0.1, 0.15) is 19.8 Å². The van der Waals surface area contributed by atoms with Crippen molar-refractivity contribution in [1.29, 1.82) is 0 Å². The van der Waals surface area contributed by atoms with E-state index in [9.17, 15) is 9.59 Å². The Morgan fingerprint density at radius 2 is 2.31 bits per heavy atom. The van der Waals surface area contributed by atoms with Crippen molar-refractivity contribution in [3.05, 3.63) is 36.5 Å². The summed E-state index contributed by atoms with van der Waals surface area (Å²) < 4.78 is 4.58. The van der Waals surface area contributed by atoms with Crippen LogP contribution in [0.3, 0.4) is 0 Å². The van der Waals surface area contributed by atoms with Gasteiger partial charge in [0.1, 0.15) is 5.57 Å². The molecule has 1 aliphatic carbocycles. The lowest BCUT2D eigenvalue weighted by atomic mass is 9.79. The molecule has 16 heavy (non-hydrogen) atoms. The molecule has 0 bridgehead atoms. The summed E-state index contributed by atoms with van der Waals surface area (Å²) in [7, 11) is 1.27. The highest BCUT2D eigenvalue weighted by molar-refractivity contribution is 6.22. The maximum Gasteiger partial charge on any atom is 0.341 e. The van der Waals surface area contributed by atoms with Crippen molar-refractivity contribution in [2.24, 2.45) is 5.41 Å². The summed E-state index contributed by atoms with van der Waals surface area (Å²) in [5, 5.41) is 0. The minimum absolute atomic E-state index is 0.122. The van der Waals surface area contributed by atoms with E-state index in [0.717, 1.165) is 12.8 Å². The normalized spacial score (nSPS) is 23.9. The lowest BCUT2D eigenvalue weighted by molar-refractivity contribution is -0.137. The number of hydrogen-bond donors (Lipinski definition) is 0. The summed E-state index contributed by atoms with van der Waals surface area (Å²) in [6.45, 7) is 5.63. The number of rotatable bonds is 4. The zero-order valence-electron chi connectivity index (χ0n) is 9.66. The summed E-state index contributed by atoms with van der Waals surface area (Å²) in [6.07, 6.45) is 8.42. The fourth-order valence-corrected chi connectivity index (χ4v) is 1.64. The van der Waals surface area contributed by atoms with Gasteiger partial charge in [0.15, 0.2) is 5.78 Å². The average Bonchev–Trinajstić information content (AvgIpc) is 2.29.